The van der Waals surface area contributed by atoms with Crippen LogP contribution in [-0.4, -0.2) is 38.8 Å². The predicted molar refractivity (Wildman–Crippen MR) is 116 cm³/mol. The maximum absolute atomic E-state index is 13.4. The van der Waals surface area contributed by atoms with E-state index in [1.54, 1.807) is 49.0 Å². The third-order valence-corrected chi connectivity index (χ3v) is 6.12. The van der Waals surface area contributed by atoms with Crippen molar-refractivity contribution in [2.24, 2.45) is 0 Å². The van der Waals surface area contributed by atoms with Gasteiger partial charge in [0.2, 0.25) is 5.95 Å². The lowest BCUT2D eigenvalue weighted by molar-refractivity contribution is -0.137. The van der Waals surface area contributed by atoms with Gasteiger partial charge in [0.1, 0.15) is 0 Å². The molecule has 0 saturated carbocycles. The van der Waals surface area contributed by atoms with Crippen LogP contribution in [0.3, 0.4) is 0 Å². The molecule has 1 aliphatic heterocycles. The highest BCUT2D eigenvalue weighted by Gasteiger charge is 2.35. The molecule has 7 nitrogen and oxygen atoms in total. The van der Waals surface area contributed by atoms with Crippen LogP contribution in [0.4, 0.5) is 19.1 Å². The van der Waals surface area contributed by atoms with Crippen LogP contribution in [0, 0.1) is 0 Å². The number of hydrogen-bond donors (Lipinski definition) is 1. The van der Waals surface area contributed by atoms with E-state index in [9.17, 15) is 18.0 Å². The third kappa shape index (κ3) is 3.46. The molecule has 0 spiro atoms. The minimum absolute atomic E-state index is 0.176. The highest BCUT2D eigenvalue weighted by molar-refractivity contribution is 5.98. The van der Waals surface area contributed by atoms with E-state index in [-0.39, 0.29) is 18.5 Å². The molecule has 4 aromatic rings. The van der Waals surface area contributed by atoms with Crippen LogP contribution < -0.4 is 5.73 Å². The van der Waals surface area contributed by atoms with E-state index < -0.39 is 23.9 Å². The first-order valence-electron chi connectivity index (χ1n) is 10.3. The summed E-state index contributed by atoms with van der Waals surface area (Å²) in [5, 5.41) is 0. The first kappa shape index (κ1) is 21.2. The van der Waals surface area contributed by atoms with Crippen molar-refractivity contribution in [1.82, 2.24) is 19.3 Å². The van der Waals surface area contributed by atoms with Crippen molar-refractivity contribution < 1.29 is 22.7 Å². The normalized spacial score (nSPS) is 18.5. The number of ether oxygens (including phenoxy) is 1. The number of fused-ring (bicyclic) bond motifs is 4. The van der Waals surface area contributed by atoms with Crippen molar-refractivity contribution in [3.05, 3.63) is 71.0 Å². The summed E-state index contributed by atoms with van der Waals surface area (Å²) in [6, 6.07) is 8.12. The summed E-state index contributed by atoms with van der Waals surface area (Å²) in [7, 11) is 1.61. The second-order valence-electron chi connectivity index (χ2n) is 8.09. The van der Waals surface area contributed by atoms with Gasteiger partial charge in [-0.25, -0.2) is 4.98 Å². The number of alkyl halides is 3. The van der Waals surface area contributed by atoms with E-state index in [4.69, 9.17) is 10.5 Å². The summed E-state index contributed by atoms with van der Waals surface area (Å²) in [4.78, 5) is 23.3. The number of imidazole rings is 1. The molecule has 3 heterocycles. The molecule has 2 atom stereocenters. The Morgan fingerprint density at radius 3 is 2.67 bits per heavy atom. The number of likely N-dealkylation sites (N-methyl/N-ethyl adjacent to an activating group) is 1. The fraction of sp³-hybridized carbons (Fsp3) is 0.261. The molecule has 0 fully saturated rings. The quantitative estimate of drug-likeness (QED) is 0.485. The number of carbonyl (C=O) groups excluding carboxylic acids is 1. The second kappa shape index (κ2) is 7.45. The van der Waals surface area contributed by atoms with Gasteiger partial charge in [-0.2, -0.15) is 13.2 Å². The van der Waals surface area contributed by atoms with Crippen LogP contribution in [0.5, 0.6) is 0 Å². The first-order valence-corrected chi connectivity index (χ1v) is 10.3. The zero-order chi connectivity index (χ0) is 23.5. The zero-order valence-electron chi connectivity index (χ0n) is 17.8. The molecule has 0 radical (unpaired) electrons. The molecule has 5 rings (SSSR count). The average Bonchev–Trinajstić information content (AvgIpc) is 3.18. The second-order valence-corrected chi connectivity index (χ2v) is 8.09. The molecule has 170 valence electrons. The summed E-state index contributed by atoms with van der Waals surface area (Å²) in [6.07, 6.45) is -1.73. The largest absolute Gasteiger partial charge is 0.416 e. The minimum atomic E-state index is -4.46. The van der Waals surface area contributed by atoms with Crippen molar-refractivity contribution in [3.63, 3.8) is 0 Å². The van der Waals surface area contributed by atoms with E-state index >= 15 is 0 Å². The lowest BCUT2D eigenvalue weighted by Gasteiger charge is -2.36. The number of carbonyl (C=O) groups is 1. The Kier molecular flexibility index (Phi) is 4.78. The molecule has 0 bridgehead atoms. The highest BCUT2D eigenvalue weighted by Crippen LogP contribution is 2.39. The van der Waals surface area contributed by atoms with Gasteiger partial charge in [0.05, 0.1) is 53.3 Å². The third-order valence-electron chi connectivity index (χ3n) is 6.12. The molecule has 2 aromatic heterocycles. The van der Waals surface area contributed by atoms with Crippen molar-refractivity contribution >= 4 is 28.4 Å². The van der Waals surface area contributed by atoms with Gasteiger partial charge in [0.15, 0.2) is 0 Å². The van der Waals surface area contributed by atoms with Gasteiger partial charge in [-0.05, 0) is 48.4 Å². The Balaban J connectivity index is 1.53. The molecule has 0 aliphatic carbocycles. The number of nitrogen functional groups attached to an aromatic ring is 1. The van der Waals surface area contributed by atoms with Crippen molar-refractivity contribution in [2.45, 2.75) is 25.2 Å². The first-order chi connectivity index (χ1) is 15.6. The van der Waals surface area contributed by atoms with Gasteiger partial charge >= 0.3 is 6.18 Å². The Hall–Kier alpha value is -3.66. The summed E-state index contributed by atoms with van der Waals surface area (Å²) in [5.74, 6) is -0.0268. The zero-order valence-corrected chi connectivity index (χ0v) is 17.8. The molecule has 2 N–H and O–H groups in total. The number of amides is 1. The highest BCUT2D eigenvalue weighted by atomic mass is 19.4. The average molecular weight is 455 g/mol. The lowest BCUT2D eigenvalue weighted by Crippen LogP contribution is -2.37. The SMILES string of the molecule is CC1OCC(N(C)C(=O)c2ccc3ncc4cnc(N)n4c3c2)c2ccc(C(F)(F)F)cc21. The van der Waals surface area contributed by atoms with Crippen LogP contribution in [0.25, 0.3) is 16.6 Å². The van der Waals surface area contributed by atoms with Crippen LogP contribution in [0.15, 0.2) is 48.8 Å². The van der Waals surface area contributed by atoms with Crippen LogP contribution in [0.1, 0.15) is 46.1 Å². The number of hydrogen-bond acceptors (Lipinski definition) is 5. The molecule has 0 saturated heterocycles. The Labute approximate surface area is 186 Å². The molecule has 2 aromatic carbocycles. The smallest absolute Gasteiger partial charge is 0.371 e. The summed E-state index contributed by atoms with van der Waals surface area (Å²) in [6.45, 7) is 1.88. The van der Waals surface area contributed by atoms with Crippen molar-refractivity contribution in [1.29, 1.82) is 0 Å². The monoisotopic (exact) mass is 455 g/mol. The Morgan fingerprint density at radius 2 is 1.91 bits per heavy atom. The van der Waals surface area contributed by atoms with E-state index in [1.807, 2.05) is 0 Å². The van der Waals surface area contributed by atoms with E-state index in [0.717, 1.165) is 12.1 Å². The maximum atomic E-state index is 13.4. The number of anilines is 1. The van der Waals surface area contributed by atoms with Crippen LogP contribution in [0.2, 0.25) is 0 Å². The number of nitrogens with zero attached hydrogens (tertiary/aromatic N) is 4. The van der Waals surface area contributed by atoms with Gasteiger partial charge in [0.25, 0.3) is 5.91 Å². The van der Waals surface area contributed by atoms with E-state index in [0.29, 0.717) is 33.2 Å². The molecular weight excluding hydrogens is 435 g/mol. The maximum Gasteiger partial charge on any atom is 0.416 e. The molecule has 1 amide bonds. The van der Waals surface area contributed by atoms with Gasteiger partial charge in [-0.1, -0.05) is 6.07 Å². The van der Waals surface area contributed by atoms with E-state index in [2.05, 4.69) is 9.97 Å². The van der Waals surface area contributed by atoms with Crippen molar-refractivity contribution in [3.8, 4) is 0 Å². The number of halogens is 3. The fourth-order valence-electron chi connectivity index (χ4n) is 4.30. The molecular formula is C23H20F3N5O2. The summed E-state index contributed by atoms with van der Waals surface area (Å²) in [5.41, 5.74) is 8.67. The standard InChI is InChI=1S/C23H20F3N5O2/c1-12-17-8-14(23(24,25)26)4-5-16(17)20(11-33-12)30(2)21(32)13-3-6-18-19(7-13)31-15(9-28-18)10-29-22(31)27/h3-10,12,20H,11H2,1-2H3,(H2,27,29). The van der Waals surface area contributed by atoms with Gasteiger partial charge in [0, 0.05) is 12.6 Å². The van der Waals surface area contributed by atoms with Gasteiger partial charge in [-0.3, -0.25) is 14.2 Å². The Morgan fingerprint density at radius 1 is 1.15 bits per heavy atom. The van der Waals surface area contributed by atoms with Crippen LogP contribution >= 0.6 is 0 Å². The number of nitrogens with two attached hydrogens (primary N) is 1. The van der Waals surface area contributed by atoms with Gasteiger partial charge in [-0.15, -0.1) is 0 Å². The summed E-state index contributed by atoms with van der Waals surface area (Å²) < 4.78 is 47.1. The van der Waals surface area contributed by atoms with Gasteiger partial charge < -0.3 is 15.4 Å². The molecule has 1 aliphatic rings. The van der Waals surface area contributed by atoms with Crippen molar-refractivity contribution in [2.75, 3.05) is 19.4 Å². The predicted octanol–water partition coefficient (Wildman–Crippen LogP) is 4.39. The van der Waals surface area contributed by atoms with E-state index in [1.165, 1.54) is 11.0 Å². The number of benzene rings is 2. The molecule has 10 heteroatoms. The Bertz CT molecular complexity index is 1400. The number of aromatic nitrogens is 3. The molecule has 2 unspecified atom stereocenters. The fourth-order valence-corrected chi connectivity index (χ4v) is 4.30. The summed E-state index contributed by atoms with van der Waals surface area (Å²) >= 11 is 0. The number of rotatable bonds is 2. The van der Waals surface area contributed by atoms with Crippen LogP contribution in [-0.2, 0) is 10.9 Å². The minimum Gasteiger partial charge on any atom is -0.371 e. The lowest BCUT2D eigenvalue weighted by atomic mass is 9.91. The molecule has 33 heavy (non-hydrogen) atoms. The topological polar surface area (TPSA) is 85.8 Å².